The minimum Gasteiger partial charge on any atom is -0.386 e. The first kappa shape index (κ1) is 14.7. The number of benzene rings is 1. The second kappa shape index (κ2) is 6.56. The number of nitrogens with two attached hydrogens (primary N) is 1. The zero-order valence-electron chi connectivity index (χ0n) is 10.3. The van der Waals surface area contributed by atoms with Gasteiger partial charge in [0.25, 0.3) is 0 Å². The van der Waals surface area contributed by atoms with Gasteiger partial charge in [-0.2, -0.15) is 0 Å². The van der Waals surface area contributed by atoms with Gasteiger partial charge in [-0.05, 0) is 37.6 Å². The highest BCUT2D eigenvalue weighted by Crippen LogP contribution is 2.20. The molecule has 6 heteroatoms. The summed E-state index contributed by atoms with van der Waals surface area (Å²) in [5, 5.41) is 13.0. The van der Waals surface area contributed by atoms with Crippen LogP contribution in [0.15, 0.2) is 23.2 Å². The molecule has 0 aromatic heterocycles. The molecule has 1 unspecified atom stereocenters. The summed E-state index contributed by atoms with van der Waals surface area (Å²) in [6.45, 7) is 3.89. The first-order chi connectivity index (χ1) is 8.38. The Bertz CT molecular complexity index is 417. The Morgan fingerprint density at radius 3 is 2.72 bits per heavy atom. The Kier molecular flexibility index (Phi) is 5.37. The van der Waals surface area contributed by atoms with E-state index in [-0.39, 0.29) is 23.6 Å². The van der Waals surface area contributed by atoms with E-state index in [1.165, 1.54) is 18.2 Å². The molecule has 0 fully saturated rings. The fraction of sp³-hybridized carbons (Fsp3) is 0.417. The molecule has 0 saturated carbocycles. The molecule has 4 N–H and O–H groups in total. The van der Waals surface area contributed by atoms with Gasteiger partial charge in [-0.15, -0.1) is 0 Å². The molecule has 1 rings (SSSR count). The Hall–Kier alpha value is -1.33. The fourth-order valence-electron chi connectivity index (χ4n) is 1.40. The lowest BCUT2D eigenvalue weighted by Crippen LogP contribution is -2.37. The van der Waals surface area contributed by atoms with Crippen LogP contribution in [0.5, 0.6) is 0 Å². The lowest BCUT2D eigenvalue weighted by atomic mass is 10.1. The number of aliphatic imine (C=N–C) groups is 1. The van der Waals surface area contributed by atoms with Crippen LogP contribution < -0.4 is 11.1 Å². The SMILES string of the molecule is CC(C)NC(N)=NCC(O)c1cc(F)cc(Cl)c1. The molecule has 4 nitrogen and oxygen atoms in total. The second-order valence-corrected chi connectivity index (χ2v) is 4.68. The highest BCUT2D eigenvalue weighted by atomic mass is 35.5. The van der Waals surface area contributed by atoms with E-state index in [1.807, 2.05) is 13.8 Å². The maximum absolute atomic E-state index is 13.1. The average molecular weight is 274 g/mol. The van der Waals surface area contributed by atoms with Crippen molar-refractivity contribution in [2.45, 2.75) is 26.0 Å². The van der Waals surface area contributed by atoms with E-state index in [0.717, 1.165) is 0 Å². The molecule has 0 aliphatic heterocycles. The topological polar surface area (TPSA) is 70.6 Å². The Labute approximate surface area is 111 Å². The summed E-state index contributed by atoms with van der Waals surface area (Å²) in [4.78, 5) is 3.97. The number of nitrogens with zero attached hydrogens (tertiary/aromatic N) is 1. The second-order valence-electron chi connectivity index (χ2n) is 4.24. The van der Waals surface area contributed by atoms with Gasteiger partial charge in [0.2, 0.25) is 0 Å². The van der Waals surface area contributed by atoms with Crippen molar-refractivity contribution in [1.29, 1.82) is 0 Å². The third-order valence-corrected chi connectivity index (χ3v) is 2.36. The van der Waals surface area contributed by atoms with Gasteiger partial charge in [0, 0.05) is 11.1 Å². The maximum Gasteiger partial charge on any atom is 0.188 e. The number of rotatable bonds is 4. The van der Waals surface area contributed by atoms with Gasteiger partial charge in [0.1, 0.15) is 5.82 Å². The molecule has 1 atom stereocenters. The smallest absolute Gasteiger partial charge is 0.188 e. The summed E-state index contributed by atoms with van der Waals surface area (Å²) < 4.78 is 13.1. The normalized spacial score (nSPS) is 13.8. The minimum atomic E-state index is -0.939. The maximum atomic E-state index is 13.1. The molecule has 0 spiro atoms. The van der Waals surface area contributed by atoms with Crippen LogP contribution in [-0.2, 0) is 0 Å². The van der Waals surface area contributed by atoms with Gasteiger partial charge in [0.05, 0.1) is 12.6 Å². The van der Waals surface area contributed by atoms with E-state index in [9.17, 15) is 9.50 Å². The van der Waals surface area contributed by atoms with Gasteiger partial charge >= 0.3 is 0 Å². The summed E-state index contributed by atoms with van der Waals surface area (Å²) in [6.07, 6.45) is -0.939. The third kappa shape index (κ3) is 4.89. The summed E-state index contributed by atoms with van der Waals surface area (Å²) in [7, 11) is 0. The van der Waals surface area contributed by atoms with E-state index < -0.39 is 11.9 Å². The van der Waals surface area contributed by atoms with E-state index in [2.05, 4.69) is 10.3 Å². The van der Waals surface area contributed by atoms with Crippen molar-refractivity contribution < 1.29 is 9.50 Å². The zero-order valence-corrected chi connectivity index (χ0v) is 11.1. The standard InChI is InChI=1S/C12H17ClFN3O/c1-7(2)17-12(15)16-6-11(18)8-3-9(13)5-10(14)4-8/h3-5,7,11,18H,6H2,1-2H3,(H3,15,16,17). The van der Waals surface area contributed by atoms with E-state index in [0.29, 0.717) is 5.56 Å². The first-order valence-electron chi connectivity index (χ1n) is 5.59. The van der Waals surface area contributed by atoms with Crippen LogP contribution >= 0.6 is 11.6 Å². The highest BCUT2D eigenvalue weighted by Gasteiger charge is 2.09. The molecular weight excluding hydrogens is 257 g/mol. The van der Waals surface area contributed by atoms with Crippen molar-refractivity contribution in [2.24, 2.45) is 10.7 Å². The molecule has 0 aliphatic rings. The van der Waals surface area contributed by atoms with E-state index in [4.69, 9.17) is 17.3 Å². The van der Waals surface area contributed by atoms with E-state index in [1.54, 1.807) is 0 Å². The van der Waals surface area contributed by atoms with Gasteiger partial charge in [-0.1, -0.05) is 11.6 Å². The van der Waals surface area contributed by atoms with Crippen molar-refractivity contribution >= 4 is 17.6 Å². The van der Waals surface area contributed by atoms with Gasteiger partial charge in [-0.3, -0.25) is 4.99 Å². The van der Waals surface area contributed by atoms with Crippen molar-refractivity contribution in [2.75, 3.05) is 6.54 Å². The number of hydrogen-bond acceptors (Lipinski definition) is 2. The largest absolute Gasteiger partial charge is 0.386 e. The molecular formula is C12H17ClFN3O. The molecule has 1 aromatic rings. The van der Waals surface area contributed by atoms with Crippen molar-refractivity contribution in [3.8, 4) is 0 Å². The average Bonchev–Trinajstić information content (AvgIpc) is 2.23. The Morgan fingerprint density at radius 1 is 1.50 bits per heavy atom. The molecule has 1 aromatic carbocycles. The Morgan fingerprint density at radius 2 is 2.17 bits per heavy atom. The van der Waals surface area contributed by atoms with Crippen LogP contribution in [0.1, 0.15) is 25.5 Å². The predicted molar refractivity (Wildman–Crippen MR) is 71.1 cm³/mol. The van der Waals surface area contributed by atoms with Gasteiger partial charge in [0.15, 0.2) is 5.96 Å². The predicted octanol–water partition coefficient (Wildman–Crippen LogP) is 1.83. The molecule has 0 radical (unpaired) electrons. The molecule has 0 heterocycles. The quantitative estimate of drug-likeness (QED) is 0.579. The van der Waals surface area contributed by atoms with Crippen molar-refractivity contribution in [3.05, 3.63) is 34.6 Å². The van der Waals surface area contributed by atoms with E-state index >= 15 is 0 Å². The number of halogens is 2. The first-order valence-corrected chi connectivity index (χ1v) is 5.96. The molecule has 0 aliphatic carbocycles. The molecule has 18 heavy (non-hydrogen) atoms. The monoisotopic (exact) mass is 273 g/mol. The lowest BCUT2D eigenvalue weighted by molar-refractivity contribution is 0.186. The minimum absolute atomic E-state index is 0.0470. The van der Waals surface area contributed by atoms with Gasteiger partial charge < -0.3 is 16.2 Å². The summed E-state index contributed by atoms with van der Waals surface area (Å²) in [5.74, 6) is -0.250. The molecule has 100 valence electrons. The summed E-state index contributed by atoms with van der Waals surface area (Å²) in [5.41, 5.74) is 5.96. The van der Waals surface area contributed by atoms with Crippen LogP contribution in [0.25, 0.3) is 0 Å². The lowest BCUT2D eigenvalue weighted by Gasteiger charge is -2.11. The highest BCUT2D eigenvalue weighted by molar-refractivity contribution is 6.30. The van der Waals surface area contributed by atoms with Crippen molar-refractivity contribution in [1.82, 2.24) is 5.32 Å². The van der Waals surface area contributed by atoms with Gasteiger partial charge in [-0.25, -0.2) is 4.39 Å². The fourth-order valence-corrected chi connectivity index (χ4v) is 1.63. The van der Waals surface area contributed by atoms with Crippen LogP contribution in [0.2, 0.25) is 5.02 Å². The number of guanidine groups is 1. The number of aliphatic hydroxyl groups is 1. The van der Waals surface area contributed by atoms with Crippen molar-refractivity contribution in [3.63, 3.8) is 0 Å². The molecule has 0 bridgehead atoms. The number of hydrogen-bond donors (Lipinski definition) is 3. The summed E-state index contributed by atoms with van der Waals surface area (Å²) >= 11 is 5.70. The number of aliphatic hydroxyl groups excluding tert-OH is 1. The van der Waals surface area contributed by atoms with Crippen LogP contribution in [0.4, 0.5) is 4.39 Å². The van der Waals surface area contributed by atoms with Crippen LogP contribution in [0, 0.1) is 5.82 Å². The van der Waals surface area contributed by atoms with Crippen LogP contribution in [-0.4, -0.2) is 23.7 Å². The van der Waals surface area contributed by atoms with Crippen LogP contribution in [0.3, 0.4) is 0 Å². The zero-order chi connectivity index (χ0) is 13.7. The Balaban J connectivity index is 2.67. The third-order valence-electron chi connectivity index (χ3n) is 2.14. The molecule has 0 amide bonds. The number of nitrogens with one attached hydrogen (secondary N) is 1. The molecule has 0 saturated heterocycles. The summed E-state index contributed by atoms with van der Waals surface area (Å²) in [6, 6.07) is 4.06.